The van der Waals surface area contributed by atoms with Crippen LogP contribution in [0.25, 0.3) is 0 Å². The van der Waals surface area contributed by atoms with Crippen LogP contribution in [0.5, 0.6) is 5.75 Å². The van der Waals surface area contributed by atoms with Crippen LogP contribution in [0.4, 0.5) is 4.39 Å². The summed E-state index contributed by atoms with van der Waals surface area (Å²) < 4.78 is 18.7. The SMILES string of the molecule is C/C=N/N(C(C)=O)/C(C)=C/Cc1ccc(OC)cc1F. The molecule has 20 heavy (non-hydrogen) atoms. The van der Waals surface area contributed by atoms with Gasteiger partial charge >= 0.3 is 0 Å². The van der Waals surface area contributed by atoms with E-state index in [1.807, 2.05) is 0 Å². The molecule has 1 aromatic carbocycles. The summed E-state index contributed by atoms with van der Waals surface area (Å²) >= 11 is 0. The molecule has 108 valence electrons. The van der Waals surface area contributed by atoms with E-state index in [0.29, 0.717) is 23.4 Å². The second kappa shape index (κ2) is 7.43. The van der Waals surface area contributed by atoms with Gasteiger partial charge in [-0.05, 0) is 31.9 Å². The van der Waals surface area contributed by atoms with Crippen LogP contribution in [0, 0.1) is 5.82 Å². The van der Waals surface area contributed by atoms with Crippen molar-refractivity contribution in [2.45, 2.75) is 27.2 Å². The van der Waals surface area contributed by atoms with Crippen molar-refractivity contribution >= 4 is 12.1 Å². The Bertz CT molecular complexity index is 539. The van der Waals surface area contributed by atoms with E-state index in [2.05, 4.69) is 5.10 Å². The number of hydrogen-bond acceptors (Lipinski definition) is 3. The largest absolute Gasteiger partial charge is 0.497 e. The van der Waals surface area contributed by atoms with Gasteiger partial charge < -0.3 is 4.74 Å². The molecule has 0 heterocycles. The van der Waals surface area contributed by atoms with E-state index in [1.165, 1.54) is 31.3 Å². The molecule has 0 fully saturated rings. The van der Waals surface area contributed by atoms with E-state index < -0.39 is 0 Å². The molecule has 0 bridgehead atoms. The van der Waals surface area contributed by atoms with E-state index in [1.54, 1.807) is 32.1 Å². The van der Waals surface area contributed by atoms with Crippen LogP contribution < -0.4 is 4.74 Å². The molecule has 0 N–H and O–H groups in total. The Morgan fingerprint density at radius 3 is 2.65 bits per heavy atom. The molecule has 0 aliphatic heterocycles. The molecule has 1 amide bonds. The lowest BCUT2D eigenvalue weighted by Gasteiger charge is -2.15. The van der Waals surface area contributed by atoms with Crippen LogP contribution in [0.3, 0.4) is 0 Å². The van der Waals surface area contributed by atoms with Crippen LogP contribution >= 0.6 is 0 Å². The lowest BCUT2D eigenvalue weighted by atomic mass is 10.1. The monoisotopic (exact) mass is 278 g/mol. The first-order chi connectivity index (χ1) is 9.49. The molecule has 0 spiro atoms. The summed E-state index contributed by atoms with van der Waals surface area (Å²) in [5.41, 5.74) is 1.19. The fraction of sp³-hybridized carbons (Fsp3) is 0.333. The molecule has 5 heteroatoms. The summed E-state index contributed by atoms with van der Waals surface area (Å²) in [5, 5.41) is 5.24. The van der Waals surface area contributed by atoms with Crippen molar-refractivity contribution in [3.8, 4) is 5.75 Å². The lowest BCUT2D eigenvalue weighted by molar-refractivity contribution is -0.126. The van der Waals surface area contributed by atoms with Crippen LogP contribution in [0.15, 0.2) is 35.1 Å². The highest BCUT2D eigenvalue weighted by Crippen LogP contribution is 2.17. The number of nitrogens with zero attached hydrogens (tertiary/aromatic N) is 2. The number of rotatable bonds is 5. The molecule has 0 aliphatic rings. The van der Waals surface area contributed by atoms with Crippen molar-refractivity contribution in [1.29, 1.82) is 0 Å². The molecule has 0 unspecified atom stereocenters. The number of benzene rings is 1. The Balaban J connectivity index is 2.88. The Morgan fingerprint density at radius 2 is 2.15 bits per heavy atom. The van der Waals surface area contributed by atoms with Gasteiger partial charge in [0.1, 0.15) is 11.6 Å². The lowest BCUT2D eigenvalue weighted by Crippen LogP contribution is -2.21. The average molecular weight is 278 g/mol. The van der Waals surface area contributed by atoms with E-state index in [4.69, 9.17) is 4.74 Å². The first-order valence-electron chi connectivity index (χ1n) is 6.28. The fourth-order valence-corrected chi connectivity index (χ4v) is 1.70. The summed E-state index contributed by atoms with van der Waals surface area (Å²) in [4.78, 5) is 11.4. The maximum atomic E-state index is 13.8. The Kier molecular flexibility index (Phi) is 5.90. The first-order valence-corrected chi connectivity index (χ1v) is 6.28. The minimum atomic E-state index is -0.332. The third-order valence-electron chi connectivity index (χ3n) is 2.74. The molecule has 0 radical (unpaired) electrons. The highest BCUT2D eigenvalue weighted by molar-refractivity contribution is 5.76. The third-order valence-corrected chi connectivity index (χ3v) is 2.74. The van der Waals surface area contributed by atoms with Crippen LogP contribution in [0.2, 0.25) is 0 Å². The number of ether oxygens (including phenoxy) is 1. The van der Waals surface area contributed by atoms with Crippen molar-refractivity contribution in [3.05, 3.63) is 41.4 Å². The Hall–Kier alpha value is -2.17. The predicted octanol–water partition coefficient (Wildman–Crippen LogP) is 3.13. The number of halogens is 1. The van der Waals surface area contributed by atoms with Crippen molar-refractivity contribution in [3.63, 3.8) is 0 Å². The van der Waals surface area contributed by atoms with E-state index in [0.717, 1.165) is 0 Å². The van der Waals surface area contributed by atoms with Crippen molar-refractivity contribution in [2.24, 2.45) is 5.10 Å². The molecular formula is C15H19FN2O2. The molecule has 4 nitrogen and oxygen atoms in total. The van der Waals surface area contributed by atoms with Crippen LogP contribution in [-0.2, 0) is 11.2 Å². The first kappa shape index (κ1) is 15.9. The fourth-order valence-electron chi connectivity index (χ4n) is 1.70. The highest BCUT2D eigenvalue weighted by atomic mass is 19.1. The van der Waals surface area contributed by atoms with E-state index in [-0.39, 0.29) is 11.7 Å². The van der Waals surface area contributed by atoms with Gasteiger partial charge in [-0.25, -0.2) is 9.40 Å². The van der Waals surface area contributed by atoms with Gasteiger partial charge in [-0.3, -0.25) is 4.79 Å². The normalized spacial score (nSPS) is 11.8. The van der Waals surface area contributed by atoms with Gasteiger partial charge in [0, 0.05) is 24.9 Å². The molecule has 1 aromatic rings. The average Bonchev–Trinajstić information content (AvgIpc) is 2.42. The molecular weight excluding hydrogens is 259 g/mol. The smallest absolute Gasteiger partial charge is 0.243 e. The number of carbonyl (C=O) groups is 1. The van der Waals surface area contributed by atoms with Gasteiger partial charge in [-0.1, -0.05) is 12.1 Å². The molecule has 0 aliphatic carbocycles. The second-order valence-electron chi connectivity index (χ2n) is 4.21. The molecule has 1 rings (SSSR count). The number of hydrazone groups is 1. The Morgan fingerprint density at radius 1 is 1.45 bits per heavy atom. The number of carbonyl (C=O) groups excluding carboxylic acids is 1. The maximum absolute atomic E-state index is 13.8. The minimum Gasteiger partial charge on any atom is -0.497 e. The van der Waals surface area contributed by atoms with Gasteiger partial charge in [-0.15, -0.1) is 0 Å². The summed E-state index contributed by atoms with van der Waals surface area (Å²) in [6, 6.07) is 4.71. The van der Waals surface area contributed by atoms with Gasteiger partial charge in [0.05, 0.1) is 7.11 Å². The predicted molar refractivity (Wildman–Crippen MR) is 77.1 cm³/mol. The zero-order valence-corrected chi connectivity index (χ0v) is 12.2. The van der Waals surface area contributed by atoms with Crippen molar-refractivity contribution < 1.29 is 13.9 Å². The zero-order chi connectivity index (χ0) is 15.1. The Labute approximate surface area is 118 Å². The highest BCUT2D eigenvalue weighted by Gasteiger charge is 2.09. The zero-order valence-electron chi connectivity index (χ0n) is 12.2. The number of hydrogen-bond donors (Lipinski definition) is 0. The summed E-state index contributed by atoms with van der Waals surface area (Å²) in [7, 11) is 1.49. The molecule has 0 atom stereocenters. The van der Waals surface area contributed by atoms with Crippen LogP contribution in [0.1, 0.15) is 26.3 Å². The molecule has 0 saturated heterocycles. The van der Waals surface area contributed by atoms with Crippen molar-refractivity contribution in [1.82, 2.24) is 5.01 Å². The molecule has 0 saturated carbocycles. The van der Waals surface area contributed by atoms with Gasteiger partial charge in [0.15, 0.2) is 0 Å². The van der Waals surface area contributed by atoms with Gasteiger partial charge in [-0.2, -0.15) is 5.10 Å². The second-order valence-corrected chi connectivity index (χ2v) is 4.21. The van der Waals surface area contributed by atoms with Crippen molar-refractivity contribution in [2.75, 3.05) is 7.11 Å². The van der Waals surface area contributed by atoms with E-state index in [9.17, 15) is 9.18 Å². The minimum absolute atomic E-state index is 0.188. The quantitative estimate of drug-likeness (QED) is 0.613. The van der Waals surface area contributed by atoms with Gasteiger partial charge in [0.25, 0.3) is 0 Å². The topological polar surface area (TPSA) is 41.9 Å². The summed E-state index contributed by atoms with van der Waals surface area (Å²) in [6.07, 6.45) is 3.68. The molecule has 0 aromatic heterocycles. The number of amides is 1. The van der Waals surface area contributed by atoms with Gasteiger partial charge in [0.2, 0.25) is 5.91 Å². The number of methoxy groups -OCH3 is 1. The summed E-state index contributed by atoms with van der Waals surface area (Å²) in [6.45, 7) is 4.92. The van der Waals surface area contributed by atoms with E-state index >= 15 is 0 Å². The summed E-state index contributed by atoms with van der Waals surface area (Å²) in [5.74, 6) is -0.0401. The standard InChI is InChI=1S/C15H19FN2O2/c1-5-17-18(12(3)19)11(2)6-7-13-8-9-14(20-4)10-15(13)16/h5-6,8-10H,7H2,1-4H3/b11-6+,17-5+. The third kappa shape index (κ3) is 4.19. The number of allylic oxidation sites excluding steroid dienone is 2. The van der Waals surface area contributed by atoms with Crippen LogP contribution in [-0.4, -0.2) is 24.2 Å². The maximum Gasteiger partial charge on any atom is 0.243 e.